The number of rotatable bonds is 6. The van der Waals surface area contributed by atoms with E-state index in [4.69, 9.17) is 10.8 Å². The standard InChI is InChI=1S/C14H19N3O4/c1-8-5-3-4-6-10(8)11(17-14(15)21)7-12(18)16-9(2)13(19)20/h3-6,9,11H,7H2,1-2H3,(H,16,18)(H,19,20)(H3,15,17,21). The van der Waals surface area contributed by atoms with E-state index >= 15 is 0 Å². The van der Waals surface area contributed by atoms with Crippen molar-refractivity contribution in [2.45, 2.75) is 32.4 Å². The van der Waals surface area contributed by atoms with Crippen molar-refractivity contribution >= 4 is 17.9 Å². The van der Waals surface area contributed by atoms with E-state index in [0.717, 1.165) is 11.1 Å². The molecule has 2 atom stereocenters. The predicted molar refractivity (Wildman–Crippen MR) is 76.5 cm³/mol. The SMILES string of the molecule is Cc1ccccc1C(CC(=O)NC(C)C(=O)O)NC(N)=O. The van der Waals surface area contributed by atoms with E-state index < -0.39 is 30.0 Å². The molecule has 0 aromatic heterocycles. The molecule has 1 rings (SSSR count). The first kappa shape index (κ1) is 16.5. The monoisotopic (exact) mass is 293 g/mol. The zero-order chi connectivity index (χ0) is 16.0. The van der Waals surface area contributed by atoms with Crippen LogP contribution in [-0.2, 0) is 9.59 Å². The van der Waals surface area contributed by atoms with Crippen LogP contribution in [0.1, 0.15) is 30.5 Å². The third-order valence-corrected chi connectivity index (χ3v) is 3.02. The molecule has 7 nitrogen and oxygen atoms in total. The van der Waals surface area contributed by atoms with Crippen LogP contribution in [0.25, 0.3) is 0 Å². The molecule has 0 aliphatic rings. The number of carbonyl (C=O) groups excluding carboxylic acids is 2. The van der Waals surface area contributed by atoms with Gasteiger partial charge in [0.15, 0.2) is 0 Å². The van der Waals surface area contributed by atoms with E-state index in [2.05, 4.69) is 10.6 Å². The molecule has 2 unspecified atom stereocenters. The second-order valence-corrected chi connectivity index (χ2v) is 4.75. The van der Waals surface area contributed by atoms with Crippen LogP contribution >= 0.6 is 0 Å². The van der Waals surface area contributed by atoms with E-state index in [9.17, 15) is 14.4 Å². The first-order valence-electron chi connectivity index (χ1n) is 6.45. The first-order chi connectivity index (χ1) is 9.81. The molecule has 1 aromatic carbocycles. The lowest BCUT2D eigenvalue weighted by atomic mass is 9.98. The van der Waals surface area contributed by atoms with Gasteiger partial charge in [0.1, 0.15) is 6.04 Å². The summed E-state index contributed by atoms with van der Waals surface area (Å²) in [6, 6.07) is 4.91. The van der Waals surface area contributed by atoms with Gasteiger partial charge in [-0.2, -0.15) is 0 Å². The molecule has 0 spiro atoms. The average Bonchev–Trinajstić information content (AvgIpc) is 2.37. The minimum atomic E-state index is -1.13. The predicted octanol–water partition coefficient (Wildman–Crippen LogP) is 0.684. The number of primary amides is 1. The molecule has 0 bridgehead atoms. The van der Waals surface area contributed by atoms with Gasteiger partial charge in [0.2, 0.25) is 5.91 Å². The Morgan fingerprint density at radius 3 is 2.38 bits per heavy atom. The lowest BCUT2D eigenvalue weighted by Crippen LogP contribution is -2.41. The third kappa shape index (κ3) is 5.13. The molecule has 5 N–H and O–H groups in total. The molecule has 0 saturated heterocycles. The zero-order valence-corrected chi connectivity index (χ0v) is 11.9. The molecule has 0 fully saturated rings. The van der Waals surface area contributed by atoms with Gasteiger partial charge in [-0.05, 0) is 25.0 Å². The molecule has 21 heavy (non-hydrogen) atoms. The molecule has 0 radical (unpaired) electrons. The second-order valence-electron chi connectivity index (χ2n) is 4.75. The van der Waals surface area contributed by atoms with Gasteiger partial charge < -0.3 is 21.5 Å². The maximum absolute atomic E-state index is 11.9. The Balaban J connectivity index is 2.85. The van der Waals surface area contributed by atoms with Crippen LogP contribution in [0.5, 0.6) is 0 Å². The van der Waals surface area contributed by atoms with E-state index in [1.165, 1.54) is 6.92 Å². The molecule has 0 heterocycles. The molecule has 0 aliphatic heterocycles. The molecule has 114 valence electrons. The number of amides is 3. The summed E-state index contributed by atoms with van der Waals surface area (Å²) in [7, 11) is 0. The van der Waals surface area contributed by atoms with E-state index in [1.807, 2.05) is 19.1 Å². The molecule has 1 aromatic rings. The van der Waals surface area contributed by atoms with Crippen molar-refractivity contribution in [1.82, 2.24) is 10.6 Å². The van der Waals surface area contributed by atoms with Gasteiger partial charge in [-0.3, -0.25) is 9.59 Å². The highest BCUT2D eigenvalue weighted by Crippen LogP contribution is 2.20. The second kappa shape index (κ2) is 7.28. The largest absolute Gasteiger partial charge is 0.480 e. The van der Waals surface area contributed by atoms with Gasteiger partial charge >= 0.3 is 12.0 Å². The van der Waals surface area contributed by atoms with Crippen molar-refractivity contribution < 1.29 is 19.5 Å². The molecular weight excluding hydrogens is 274 g/mol. The first-order valence-corrected chi connectivity index (χ1v) is 6.45. The quantitative estimate of drug-likeness (QED) is 0.616. The van der Waals surface area contributed by atoms with Crippen LogP contribution in [0.4, 0.5) is 4.79 Å². The molecule has 0 aliphatic carbocycles. The topological polar surface area (TPSA) is 122 Å². The molecule has 7 heteroatoms. The number of aryl methyl sites for hydroxylation is 1. The molecule has 3 amide bonds. The number of nitrogens with one attached hydrogen (secondary N) is 2. The van der Waals surface area contributed by atoms with Crippen molar-refractivity contribution in [3.63, 3.8) is 0 Å². The van der Waals surface area contributed by atoms with Crippen LogP contribution in [0.2, 0.25) is 0 Å². The van der Waals surface area contributed by atoms with Crippen LogP contribution < -0.4 is 16.4 Å². The van der Waals surface area contributed by atoms with E-state index in [0.29, 0.717) is 0 Å². The van der Waals surface area contributed by atoms with Crippen LogP contribution in [-0.4, -0.2) is 29.1 Å². The Hall–Kier alpha value is -2.57. The number of hydrogen-bond donors (Lipinski definition) is 4. The Morgan fingerprint density at radius 2 is 1.86 bits per heavy atom. The lowest BCUT2D eigenvalue weighted by molar-refractivity contribution is -0.141. The van der Waals surface area contributed by atoms with Gasteiger partial charge in [-0.25, -0.2) is 4.79 Å². The molecule has 0 saturated carbocycles. The lowest BCUT2D eigenvalue weighted by Gasteiger charge is -2.20. The highest BCUT2D eigenvalue weighted by molar-refractivity contribution is 5.84. The fraction of sp³-hybridized carbons (Fsp3) is 0.357. The van der Waals surface area contributed by atoms with Crippen LogP contribution in [0, 0.1) is 6.92 Å². The summed E-state index contributed by atoms with van der Waals surface area (Å²) in [6.45, 7) is 3.22. The number of urea groups is 1. The van der Waals surface area contributed by atoms with Gasteiger partial charge in [0.05, 0.1) is 12.5 Å². The molecular formula is C14H19N3O4. The zero-order valence-electron chi connectivity index (χ0n) is 11.9. The highest BCUT2D eigenvalue weighted by atomic mass is 16.4. The normalized spacial score (nSPS) is 13.0. The summed E-state index contributed by atoms with van der Waals surface area (Å²) in [6.07, 6.45) is -0.0919. The third-order valence-electron chi connectivity index (χ3n) is 3.02. The summed E-state index contributed by atoms with van der Waals surface area (Å²) in [5.74, 6) is -1.61. The Labute approximate surface area is 122 Å². The fourth-order valence-electron chi connectivity index (χ4n) is 1.94. The van der Waals surface area contributed by atoms with Crippen molar-refractivity contribution in [2.75, 3.05) is 0 Å². The highest BCUT2D eigenvalue weighted by Gasteiger charge is 2.21. The Kier molecular flexibility index (Phi) is 5.71. The average molecular weight is 293 g/mol. The van der Waals surface area contributed by atoms with Gasteiger partial charge in [-0.15, -0.1) is 0 Å². The van der Waals surface area contributed by atoms with Gasteiger partial charge in [0.25, 0.3) is 0 Å². The number of carboxylic acid groups (broad SMARTS) is 1. The van der Waals surface area contributed by atoms with Gasteiger partial charge in [-0.1, -0.05) is 24.3 Å². The number of nitrogens with two attached hydrogens (primary N) is 1. The number of benzene rings is 1. The van der Waals surface area contributed by atoms with Crippen molar-refractivity contribution in [1.29, 1.82) is 0 Å². The summed E-state index contributed by atoms with van der Waals surface area (Å²) in [5, 5.41) is 13.6. The van der Waals surface area contributed by atoms with Crippen molar-refractivity contribution in [3.05, 3.63) is 35.4 Å². The van der Waals surface area contributed by atoms with E-state index in [1.54, 1.807) is 12.1 Å². The number of carboxylic acids is 1. The van der Waals surface area contributed by atoms with Crippen LogP contribution in [0.15, 0.2) is 24.3 Å². The Morgan fingerprint density at radius 1 is 1.24 bits per heavy atom. The van der Waals surface area contributed by atoms with Crippen molar-refractivity contribution in [2.24, 2.45) is 5.73 Å². The summed E-state index contributed by atoms with van der Waals surface area (Å²) in [4.78, 5) is 33.7. The maximum Gasteiger partial charge on any atom is 0.325 e. The summed E-state index contributed by atoms with van der Waals surface area (Å²) in [5.41, 5.74) is 6.79. The maximum atomic E-state index is 11.9. The smallest absolute Gasteiger partial charge is 0.325 e. The number of hydrogen-bond acceptors (Lipinski definition) is 3. The van der Waals surface area contributed by atoms with E-state index in [-0.39, 0.29) is 6.42 Å². The Bertz CT molecular complexity index is 545. The van der Waals surface area contributed by atoms with Crippen LogP contribution in [0.3, 0.4) is 0 Å². The van der Waals surface area contributed by atoms with Gasteiger partial charge in [0, 0.05) is 0 Å². The minimum Gasteiger partial charge on any atom is -0.480 e. The number of carbonyl (C=O) groups is 3. The van der Waals surface area contributed by atoms with Crippen molar-refractivity contribution in [3.8, 4) is 0 Å². The summed E-state index contributed by atoms with van der Waals surface area (Å²) >= 11 is 0. The number of aliphatic carboxylic acids is 1. The fourth-order valence-corrected chi connectivity index (χ4v) is 1.94. The minimum absolute atomic E-state index is 0.0919. The summed E-state index contributed by atoms with van der Waals surface area (Å²) < 4.78 is 0.